The lowest BCUT2D eigenvalue weighted by atomic mass is 10.3. The first kappa shape index (κ1) is 10.1. The summed E-state index contributed by atoms with van der Waals surface area (Å²) in [7, 11) is 0. The Morgan fingerprint density at radius 1 is 1.21 bits per heavy atom. The molecule has 0 spiro atoms. The van der Waals surface area contributed by atoms with Crippen LogP contribution in [0.1, 0.15) is 6.42 Å². The van der Waals surface area contributed by atoms with Crippen molar-refractivity contribution in [3.05, 3.63) is 28.2 Å². The number of benzene rings is 1. The molecule has 1 aliphatic rings. The summed E-state index contributed by atoms with van der Waals surface area (Å²) in [5.74, 6) is 0.746. The van der Waals surface area contributed by atoms with E-state index in [1.54, 1.807) is 18.2 Å². The van der Waals surface area contributed by atoms with Gasteiger partial charge in [-0.2, -0.15) is 0 Å². The second-order valence-corrected chi connectivity index (χ2v) is 4.21. The second-order valence-electron chi connectivity index (χ2n) is 3.34. The Kier molecular flexibility index (Phi) is 3.16. The average molecular weight is 232 g/mol. The largest absolute Gasteiger partial charge is 0.489 e. The normalized spacial score (nSPS) is 21.1. The lowest BCUT2D eigenvalue weighted by molar-refractivity contribution is 0.223. The molecule has 0 aliphatic carbocycles. The summed E-state index contributed by atoms with van der Waals surface area (Å²) < 4.78 is 5.71. The SMILES string of the molecule is Clc1cc(Cl)cc(OC2CCNC2)c1. The minimum atomic E-state index is 0.240. The van der Waals surface area contributed by atoms with Crippen LogP contribution in [0.25, 0.3) is 0 Å². The van der Waals surface area contributed by atoms with Crippen molar-refractivity contribution in [3.8, 4) is 5.75 Å². The molecule has 0 radical (unpaired) electrons. The fraction of sp³-hybridized carbons (Fsp3) is 0.400. The van der Waals surface area contributed by atoms with Gasteiger partial charge in [-0.15, -0.1) is 0 Å². The third-order valence-corrected chi connectivity index (χ3v) is 2.59. The van der Waals surface area contributed by atoms with Crippen molar-refractivity contribution in [1.29, 1.82) is 0 Å². The molecule has 0 amide bonds. The molecule has 0 saturated carbocycles. The van der Waals surface area contributed by atoms with E-state index < -0.39 is 0 Å². The van der Waals surface area contributed by atoms with E-state index in [2.05, 4.69) is 5.32 Å². The standard InChI is InChI=1S/C10H11Cl2NO/c11-7-3-8(12)5-10(4-7)14-9-1-2-13-6-9/h3-5,9,13H,1-2,6H2. The van der Waals surface area contributed by atoms with E-state index in [-0.39, 0.29) is 6.10 Å². The van der Waals surface area contributed by atoms with E-state index in [9.17, 15) is 0 Å². The fourth-order valence-corrected chi connectivity index (χ4v) is 2.02. The van der Waals surface area contributed by atoms with Gasteiger partial charge in [-0.05, 0) is 31.2 Å². The monoisotopic (exact) mass is 231 g/mol. The molecule has 1 N–H and O–H groups in total. The Balaban J connectivity index is 2.07. The predicted molar refractivity (Wildman–Crippen MR) is 58.4 cm³/mol. The Bertz CT molecular complexity index is 304. The number of hydrogen-bond acceptors (Lipinski definition) is 2. The maximum atomic E-state index is 5.86. The van der Waals surface area contributed by atoms with E-state index in [0.29, 0.717) is 10.0 Å². The summed E-state index contributed by atoms with van der Waals surface area (Å²) in [5, 5.41) is 4.45. The number of halogens is 2. The molecule has 0 bridgehead atoms. The first-order valence-electron chi connectivity index (χ1n) is 4.57. The van der Waals surface area contributed by atoms with Crippen LogP contribution < -0.4 is 10.1 Å². The molecule has 2 rings (SSSR count). The van der Waals surface area contributed by atoms with Crippen LogP contribution in [0.15, 0.2) is 18.2 Å². The molecular weight excluding hydrogens is 221 g/mol. The lowest BCUT2D eigenvalue weighted by Crippen LogP contribution is -2.19. The number of nitrogens with one attached hydrogen (secondary N) is 1. The van der Waals surface area contributed by atoms with Gasteiger partial charge in [-0.1, -0.05) is 23.2 Å². The van der Waals surface area contributed by atoms with Gasteiger partial charge in [0.25, 0.3) is 0 Å². The quantitative estimate of drug-likeness (QED) is 0.846. The summed E-state index contributed by atoms with van der Waals surface area (Å²) in [6.45, 7) is 1.91. The van der Waals surface area contributed by atoms with E-state index in [4.69, 9.17) is 27.9 Å². The van der Waals surface area contributed by atoms with Crippen LogP contribution in [0.2, 0.25) is 10.0 Å². The van der Waals surface area contributed by atoms with Crippen LogP contribution in [0.3, 0.4) is 0 Å². The van der Waals surface area contributed by atoms with Gasteiger partial charge in [0.2, 0.25) is 0 Å². The zero-order valence-electron chi connectivity index (χ0n) is 7.59. The summed E-state index contributed by atoms with van der Waals surface area (Å²) in [6, 6.07) is 5.26. The maximum Gasteiger partial charge on any atom is 0.122 e. The van der Waals surface area contributed by atoms with Gasteiger partial charge >= 0.3 is 0 Å². The molecule has 1 unspecified atom stereocenters. The Labute approximate surface area is 93.2 Å². The lowest BCUT2D eigenvalue weighted by Gasteiger charge is -2.12. The first-order valence-corrected chi connectivity index (χ1v) is 5.33. The Hall–Kier alpha value is -0.440. The molecular formula is C10H11Cl2NO. The minimum Gasteiger partial charge on any atom is -0.489 e. The van der Waals surface area contributed by atoms with Gasteiger partial charge in [0, 0.05) is 16.6 Å². The zero-order valence-corrected chi connectivity index (χ0v) is 9.11. The van der Waals surface area contributed by atoms with Gasteiger partial charge in [0.15, 0.2) is 0 Å². The molecule has 4 heteroatoms. The number of hydrogen-bond donors (Lipinski definition) is 1. The highest BCUT2D eigenvalue weighted by Gasteiger charge is 2.16. The highest BCUT2D eigenvalue weighted by atomic mass is 35.5. The van der Waals surface area contributed by atoms with E-state index in [1.165, 1.54) is 0 Å². The highest BCUT2D eigenvalue weighted by molar-refractivity contribution is 6.34. The topological polar surface area (TPSA) is 21.3 Å². The van der Waals surface area contributed by atoms with Gasteiger partial charge in [0.1, 0.15) is 11.9 Å². The van der Waals surface area contributed by atoms with Crippen molar-refractivity contribution >= 4 is 23.2 Å². The zero-order chi connectivity index (χ0) is 9.97. The van der Waals surface area contributed by atoms with Gasteiger partial charge in [-0.3, -0.25) is 0 Å². The van der Waals surface area contributed by atoms with Crippen LogP contribution in [-0.4, -0.2) is 19.2 Å². The minimum absolute atomic E-state index is 0.240. The van der Waals surface area contributed by atoms with E-state index >= 15 is 0 Å². The van der Waals surface area contributed by atoms with Crippen LogP contribution >= 0.6 is 23.2 Å². The Morgan fingerprint density at radius 2 is 1.93 bits per heavy atom. The molecule has 1 aromatic rings. The van der Waals surface area contributed by atoms with Crippen molar-refractivity contribution in [2.75, 3.05) is 13.1 Å². The predicted octanol–water partition coefficient (Wildman–Crippen LogP) is 2.73. The summed E-state index contributed by atoms with van der Waals surface area (Å²) in [4.78, 5) is 0. The summed E-state index contributed by atoms with van der Waals surface area (Å²) >= 11 is 11.7. The molecule has 1 aliphatic heterocycles. The van der Waals surface area contributed by atoms with Crippen molar-refractivity contribution in [2.45, 2.75) is 12.5 Å². The fourth-order valence-electron chi connectivity index (χ4n) is 1.52. The van der Waals surface area contributed by atoms with Gasteiger partial charge in [-0.25, -0.2) is 0 Å². The van der Waals surface area contributed by atoms with Gasteiger partial charge < -0.3 is 10.1 Å². The van der Waals surface area contributed by atoms with Crippen LogP contribution in [0, 0.1) is 0 Å². The van der Waals surface area contributed by atoms with E-state index in [0.717, 1.165) is 25.3 Å². The smallest absolute Gasteiger partial charge is 0.122 e. The molecule has 1 fully saturated rings. The average Bonchev–Trinajstić information content (AvgIpc) is 2.54. The van der Waals surface area contributed by atoms with Crippen molar-refractivity contribution in [2.24, 2.45) is 0 Å². The molecule has 2 nitrogen and oxygen atoms in total. The molecule has 1 aromatic carbocycles. The summed E-state index contributed by atoms with van der Waals surface area (Å²) in [6.07, 6.45) is 1.27. The maximum absolute atomic E-state index is 5.86. The van der Waals surface area contributed by atoms with Crippen molar-refractivity contribution < 1.29 is 4.74 Å². The summed E-state index contributed by atoms with van der Waals surface area (Å²) in [5.41, 5.74) is 0. The van der Waals surface area contributed by atoms with Crippen LogP contribution in [-0.2, 0) is 0 Å². The molecule has 14 heavy (non-hydrogen) atoms. The third-order valence-electron chi connectivity index (χ3n) is 2.15. The molecule has 1 saturated heterocycles. The molecule has 1 atom stereocenters. The second kappa shape index (κ2) is 4.39. The number of ether oxygens (including phenoxy) is 1. The highest BCUT2D eigenvalue weighted by Crippen LogP contribution is 2.25. The molecule has 0 aromatic heterocycles. The molecule has 76 valence electrons. The van der Waals surface area contributed by atoms with Crippen LogP contribution in [0.4, 0.5) is 0 Å². The van der Waals surface area contributed by atoms with Crippen molar-refractivity contribution in [1.82, 2.24) is 5.32 Å². The van der Waals surface area contributed by atoms with Crippen molar-refractivity contribution in [3.63, 3.8) is 0 Å². The van der Waals surface area contributed by atoms with Crippen LogP contribution in [0.5, 0.6) is 5.75 Å². The number of rotatable bonds is 2. The third kappa shape index (κ3) is 2.53. The Morgan fingerprint density at radius 3 is 2.50 bits per heavy atom. The van der Waals surface area contributed by atoms with E-state index in [1.807, 2.05) is 0 Å². The molecule has 1 heterocycles. The first-order chi connectivity index (χ1) is 6.74. The van der Waals surface area contributed by atoms with Gasteiger partial charge in [0.05, 0.1) is 0 Å².